The van der Waals surface area contributed by atoms with E-state index in [4.69, 9.17) is 23.4 Å². The van der Waals surface area contributed by atoms with Gasteiger partial charge >= 0.3 is 0 Å². The van der Waals surface area contributed by atoms with Gasteiger partial charge in [-0.2, -0.15) is 0 Å². The minimum absolute atomic E-state index is 0.0218. The summed E-state index contributed by atoms with van der Waals surface area (Å²) in [6.07, 6.45) is 4.53. The molecule has 4 heterocycles. The zero-order valence-electron chi connectivity index (χ0n) is 21.5. The number of ketones is 1. The summed E-state index contributed by atoms with van der Waals surface area (Å²) in [5.41, 5.74) is -1.80. The lowest BCUT2D eigenvalue weighted by Crippen LogP contribution is -2.82. The van der Waals surface area contributed by atoms with Gasteiger partial charge in [0.2, 0.25) is 12.8 Å². The second-order valence-electron chi connectivity index (χ2n) is 13.9. The van der Waals surface area contributed by atoms with Crippen LogP contribution in [0.1, 0.15) is 45.4 Å². The minimum atomic E-state index is -1.97. The Kier molecular flexibility index (Phi) is 4.36. The number of halogens is 1. The van der Waals surface area contributed by atoms with Gasteiger partial charge in [-0.05, 0) is 50.7 Å². The third kappa shape index (κ3) is 2.20. The van der Waals surface area contributed by atoms with Crippen molar-refractivity contribution in [3.8, 4) is 0 Å². The number of amides is 1. The van der Waals surface area contributed by atoms with Gasteiger partial charge in [-0.3, -0.25) is 14.5 Å². The Morgan fingerprint density at radius 3 is 2.56 bits per heavy atom. The van der Waals surface area contributed by atoms with Crippen molar-refractivity contribution < 1.29 is 33.0 Å². The molecule has 8 nitrogen and oxygen atoms in total. The topological polar surface area (TPSA) is 83.5 Å². The van der Waals surface area contributed by atoms with Gasteiger partial charge in [0.1, 0.15) is 5.78 Å². The number of hydrogen-bond donors (Lipinski definition) is 0. The molecule has 0 aromatic heterocycles. The van der Waals surface area contributed by atoms with Crippen LogP contribution in [0.4, 0.5) is 0 Å². The molecule has 1 unspecified atom stereocenters. The number of fused-ring (bicyclic) bond motifs is 3. The number of nitrogens with zero attached hydrogens (tertiary/aromatic N) is 1. The van der Waals surface area contributed by atoms with E-state index in [1.807, 2.05) is 0 Å². The molecule has 5 aliphatic carbocycles. The SMILES string of the molecule is C[C@]12CC(=O)[C@@]34[C@@H](Br)[C@@]35[C@H]3OC6O[C@]5(CC[C@H]4[C@@H]1CCC21OCCO1)C[C@@H]([C@H]3O[Si](C)(C)C)N6C=O. The average Bonchev–Trinajstić information content (AvgIpc) is 3.10. The van der Waals surface area contributed by atoms with Crippen LogP contribution < -0.4 is 0 Å². The maximum absolute atomic E-state index is 14.6. The highest BCUT2D eigenvalue weighted by Gasteiger charge is 2.98. The Hall–Kier alpha value is -0.363. The monoisotopic (exact) mass is 581 g/mol. The number of alkyl halides is 1. The van der Waals surface area contributed by atoms with Crippen LogP contribution in [0.15, 0.2) is 0 Å². The molecule has 1 amide bonds. The van der Waals surface area contributed by atoms with E-state index in [2.05, 4.69) is 42.5 Å². The minimum Gasteiger partial charge on any atom is -0.410 e. The maximum Gasteiger partial charge on any atom is 0.243 e. The van der Waals surface area contributed by atoms with E-state index in [1.54, 1.807) is 4.90 Å². The number of carbonyl (C=O) groups is 2. The van der Waals surface area contributed by atoms with E-state index in [-0.39, 0.29) is 34.4 Å². The predicted molar refractivity (Wildman–Crippen MR) is 132 cm³/mol. The summed E-state index contributed by atoms with van der Waals surface area (Å²) >= 11 is 4.12. The molecule has 0 aromatic rings. The molecule has 11 atom stereocenters. The Morgan fingerprint density at radius 1 is 1.14 bits per heavy atom. The molecule has 4 saturated heterocycles. The number of Topliss-reactive ketones (excluding diaryl/α,β-unsaturated/α-hetero) is 1. The van der Waals surface area contributed by atoms with Gasteiger partial charge in [-0.15, -0.1) is 0 Å². The molecular weight excluding hydrogens is 546 g/mol. The maximum atomic E-state index is 14.6. The van der Waals surface area contributed by atoms with Crippen molar-refractivity contribution in [2.24, 2.45) is 28.1 Å². The molecule has 4 spiro atoms. The van der Waals surface area contributed by atoms with Gasteiger partial charge < -0.3 is 23.4 Å². The number of rotatable bonds is 3. The summed E-state index contributed by atoms with van der Waals surface area (Å²) in [6, 6.07) is -0.0785. The predicted octanol–water partition coefficient (Wildman–Crippen LogP) is 3.18. The highest BCUT2D eigenvalue weighted by Crippen LogP contribution is 2.89. The fraction of sp³-hybridized carbons (Fsp3) is 0.923. The van der Waals surface area contributed by atoms with Crippen LogP contribution in [0.25, 0.3) is 0 Å². The van der Waals surface area contributed by atoms with Crippen LogP contribution in [0.3, 0.4) is 0 Å². The van der Waals surface area contributed by atoms with Crippen LogP contribution in [0, 0.1) is 28.1 Å². The highest BCUT2D eigenvalue weighted by molar-refractivity contribution is 9.09. The van der Waals surface area contributed by atoms with E-state index in [0.29, 0.717) is 37.8 Å². The lowest BCUT2D eigenvalue weighted by Gasteiger charge is -2.70. The Balaban J connectivity index is 1.26. The Labute approximate surface area is 221 Å². The van der Waals surface area contributed by atoms with Crippen molar-refractivity contribution in [3.05, 3.63) is 0 Å². The van der Waals surface area contributed by atoms with Crippen LogP contribution in [0.5, 0.6) is 0 Å². The zero-order chi connectivity index (χ0) is 25.1. The summed E-state index contributed by atoms with van der Waals surface area (Å²) in [4.78, 5) is 28.4. The first-order chi connectivity index (χ1) is 17.0. The van der Waals surface area contributed by atoms with E-state index in [9.17, 15) is 9.59 Å². The first-order valence-corrected chi connectivity index (χ1v) is 18.0. The van der Waals surface area contributed by atoms with Gasteiger partial charge in [-0.1, -0.05) is 22.9 Å². The zero-order valence-corrected chi connectivity index (χ0v) is 24.0. The molecule has 36 heavy (non-hydrogen) atoms. The molecule has 4 aliphatic heterocycles. The van der Waals surface area contributed by atoms with E-state index >= 15 is 0 Å². The molecule has 0 N–H and O–H groups in total. The summed E-state index contributed by atoms with van der Waals surface area (Å²) in [6.45, 7) is 10.0. The molecule has 9 rings (SSSR count). The van der Waals surface area contributed by atoms with Crippen molar-refractivity contribution in [2.75, 3.05) is 13.2 Å². The number of carbonyl (C=O) groups excluding carboxylic acids is 2. The third-order valence-corrected chi connectivity index (χ3v) is 14.2. The fourth-order valence-electron chi connectivity index (χ4n) is 10.8. The van der Waals surface area contributed by atoms with Crippen LogP contribution in [-0.4, -0.2) is 79.5 Å². The first kappa shape index (κ1) is 23.5. The Morgan fingerprint density at radius 2 is 1.86 bits per heavy atom. The average molecular weight is 583 g/mol. The van der Waals surface area contributed by atoms with E-state index in [0.717, 1.165) is 32.1 Å². The second kappa shape index (κ2) is 6.67. The summed E-state index contributed by atoms with van der Waals surface area (Å²) < 4.78 is 32.7. The molecule has 5 saturated carbocycles. The van der Waals surface area contributed by atoms with Crippen molar-refractivity contribution in [3.63, 3.8) is 0 Å². The van der Waals surface area contributed by atoms with Crippen molar-refractivity contribution in [1.29, 1.82) is 0 Å². The molecule has 10 heteroatoms. The molecule has 0 radical (unpaired) electrons. The van der Waals surface area contributed by atoms with Gasteiger partial charge in [0, 0.05) is 29.5 Å². The molecule has 4 bridgehead atoms. The number of ether oxygens (including phenoxy) is 4. The largest absolute Gasteiger partial charge is 0.410 e. The lowest BCUT2D eigenvalue weighted by atomic mass is 9.47. The van der Waals surface area contributed by atoms with E-state index < -0.39 is 36.9 Å². The highest BCUT2D eigenvalue weighted by atomic mass is 79.9. The third-order valence-electron chi connectivity index (χ3n) is 11.8. The standard InChI is InChI=1S/C26H36BrNO7Si/c1-22-12-17(30)25-15(14(22)6-8-24(22)31-9-10-32-24)5-7-23-11-16-18(35-36(2,3)4)19(26(23,25)20(25)27)33-21(34-23)28(16)13-29/h13-16,18-21H,5-12H2,1-4H3/t14-,15-,16-,18+,19-,20+,21?,22-,23+,25-,26+/m0/s1. The lowest BCUT2D eigenvalue weighted by molar-refractivity contribution is -0.442. The normalized spacial score (nSPS) is 57.4. The van der Waals surface area contributed by atoms with Gasteiger partial charge in [0.05, 0.1) is 47.9 Å². The summed E-state index contributed by atoms with van der Waals surface area (Å²) in [5.74, 6) is 0.264. The molecule has 0 aromatic carbocycles. The van der Waals surface area contributed by atoms with Crippen LogP contribution in [0.2, 0.25) is 19.6 Å². The van der Waals surface area contributed by atoms with E-state index in [1.165, 1.54) is 0 Å². The van der Waals surface area contributed by atoms with Gasteiger partial charge in [0.15, 0.2) is 14.1 Å². The van der Waals surface area contributed by atoms with Gasteiger partial charge in [-0.25, -0.2) is 0 Å². The fourth-order valence-corrected chi connectivity index (χ4v) is 13.8. The molecule has 9 aliphatic rings. The number of hydrogen-bond acceptors (Lipinski definition) is 7. The molecular formula is C26H36BrNO7Si. The van der Waals surface area contributed by atoms with Crippen molar-refractivity contribution in [1.82, 2.24) is 4.90 Å². The molecule has 9 fully saturated rings. The molecule has 198 valence electrons. The van der Waals surface area contributed by atoms with Crippen LogP contribution >= 0.6 is 15.9 Å². The Bertz CT molecular complexity index is 1060. The van der Waals surface area contributed by atoms with Crippen molar-refractivity contribution in [2.45, 2.75) is 106 Å². The first-order valence-electron chi connectivity index (χ1n) is 13.7. The smallest absolute Gasteiger partial charge is 0.243 e. The van der Waals surface area contributed by atoms with Crippen LogP contribution in [-0.2, 0) is 33.0 Å². The quantitative estimate of drug-likeness (QED) is 0.287. The summed E-state index contributed by atoms with van der Waals surface area (Å²) in [7, 11) is -1.97. The van der Waals surface area contributed by atoms with Gasteiger partial charge in [0.25, 0.3) is 0 Å². The second-order valence-corrected chi connectivity index (χ2v) is 19.2. The summed E-state index contributed by atoms with van der Waals surface area (Å²) in [5, 5.41) is 0. The van der Waals surface area contributed by atoms with Crippen molar-refractivity contribution >= 4 is 36.4 Å².